The number of rotatable bonds is 2. The van der Waals surface area contributed by atoms with Gasteiger partial charge in [-0.2, -0.15) is 0 Å². The first-order valence-corrected chi connectivity index (χ1v) is 7.57. The van der Waals surface area contributed by atoms with E-state index in [2.05, 4.69) is 5.32 Å². The summed E-state index contributed by atoms with van der Waals surface area (Å²) >= 11 is 1.60. The minimum Gasteiger partial charge on any atom is -0.479 e. The molecule has 0 bridgehead atoms. The SMILES string of the molecule is CN1CC[C@H](NC(=O)[C@H]2CSc3ccccc3O2)C1=O. The number of fused-ring (bicyclic) bond motifs is 1. The second-order valence-corrected chi connectivity index (χ2v) is 6.04. The molecule has 0 radical (unpaired) electrons. The molecule has 106 valence electrons. The maximum Gasteiger partial charge on any atom is 0.262 e. The number of ether oxygens (including phenoxy) is 1. The summed E-state index contributed by atoms with van der Waals surface area (Å²) in [5, 5.41) is 2.79. The zero-order valence-corrected chi connectivity index (χ0v) is 12.0. The first-order chi connectivity index (χ1) is 9.65. The van der Waals surface area contributed by atoms with Crippen LogP contribution in [0.1, 0.15) is 6.42 Å². The third-order valence-corrected chi connectivity index (χ3v) is 4.66. The van der Waals surface area contributed by atoms with Gasteiger partial charge in [0.05, 0.1) is 0 Å². The minimum atomic E-state index is -0.534. The van der Waals surface area contributed by atoms with E-state index in [-0.39, 0.29) is 11.8 Å². The number of carbonyl (C=O) groups excluding carboxylic acids is 2. The second-order valence-electron chi connectivity index (χ2n) is 4.97. The highest BCUT2D eigenvalue weighted by molar-refractivity contribution is 7.99. The lowest BCUT2D eigenvalue weighted by atomic mass is 10.2. The molecule has 2 amide bonds. The standard InChI is InChI=1S/C14H16N2O3S/c1-16-7-6-9(14(16)18)15-13(17)11-8-20-12-5-3-2-4-10(12)19-11/h2-5,9,11H,6-8H2,1H3,(H,15,17)/t9-,11+/m0/s1. The van der Waals surface area contributed by atoms with Crippen molar-refractivity contribution in [1.29, 1.82) is 0 Å². The van der Waals surface area contributed by atoms with Crippen LogP contribution in [-0.4, -0.2) is 48.2 Å². The van der Waals surface area contributed by atoms with Crippen molar-refractivity contribution in [2.75, 3.05) is 19.3 Å². The quantitative estimate of drug-likeness (QED) is 0.879. The van der Waals surface area contributed by atoms with Crippen molar-refractivity contribution < 1.29 is 14.3 Å². The number of nitrogens with one attached hydrogen (secondary N) is 1. The Morgan fingerprint density at radius 2 is 2.25 bits per heavy atom. The first kappa shape index (κ1) is 13.3. The summed E-state index contributed by atoms with van der Waals surface area (Å²) in [5.41, 5.74) is 0. The fourth-order valence-corrected chi connectivity index (χ4v) is 3.35. The first-order valence-electron chi connectivity index (χ1n) is 6.59. The van der Waals surface area contributed by atoms with Crippen molar-refractivity contribution in [2.24, 2.45) is 0 Å². The van der Waals surface area contributed by atoms with Gasteiger partial charge in [0.1, 0.15) is 11.8 Å². The van der Waals surface area contributed by atoms with Crippen LogP contribution in [0.5, 0.6) is 5.75 Å². The summed E-state index contributed by atoms with van der Waals surface area (Å²) in [6, 6.07) is 7.26. The van der Waals surface area contributed by atoms with Gasteiger partial charge in [-0.3, -0.25) is 9.59 Å². The van der Waals surface area contributed by atoms with Crippen LogP contribution in [-0.2, 0) is 9.59 Å². The van der Waals surface area contributed by atoms with Gasteiger partial charge in [0.25, 0.3) is 5.91 Å². The Balaban J connectivity index is 1.63. The largest absolute Gasteiger partial charge is 0.479 e. The fraction of sp³-hybridized carbons (Fsp3) is 0.429. The number of nitrogens with zero attached hydrogens (tertiary/aromatic N) is 1. The summed E-state index contributed by atoms with van der Waals surface area (Å²) < 4.78 is 5.71. The predicted molar refractivity (Wildman–Crippen MR) is 75.8 cm³/mol. The molecule has 2 aliphatic heterocycles. The van der Waals surface area contributed by atoms with E-state index in [9.17, 15) is 9.59 Å². The van der Waals surface area contributed by atoms with Gasteiger partial charge >= 0.3 is 0 Å². The van der Waals surface area contributed by atoms with Crippen molar-refractivity contribution in [3.8, 4) is 5.75 Å². The second kappa shape index (κ2) is 5.36. The van der Waals surface area contributed by atoms with Crippen LogP contribution < -0.4 is 10.1 Å². The zero-order valence-electron chi connectivity index (χ0n) is 11.2. The molecule has 0 aromatic heterocycles. The molecule has 0 saturated carbocycles. The Morgan fingerprint density at radius 3 is 3.00 bits per heavy atom. The average Bonchev–Trinajstić information content (AvgIpc) is 2.78. The number of amides is 2. The molecule has 0 unspecified atom stereocenters. The van der Waals surface area contributed by atoms with Gasteiger partial charge in [0.15, 0.2) is 6.10 Å². The van der Waals surface area contributed by atoms with E-state index in [4.69, 9.17) is 4.74 Å². The van der Waals surface area contributed by atoms with Crippen molar-refractivity contribution in [3.63, 3.8) is 0 Å². The molecule has 1 fully saturated rings. The van der Waals surface area contributed by atoms with E-state index < -0.39 is 12.1 Å². The van der Waals surface area contributed by atoms with E-state index in [1.807, 2.05) is 24.3 Å². The van der Waals surface area contributed by atoms with E-state index in [1.54, 1.807) is 23.7 Å². The molecule has 2 aliphatic rings. The third kappa shape index (κ3) is 2.47. The normalized spacial score (nSPS) is 25.1. The maximum atomic E-state index is 12.2. The van der Waals surface area contributed by atoms with Crippen molar-refractivity contribution >= 4 is 23.6 Å². The molecule has 1 N–H and O–H groups in total. The van der Waals surface area contributed by atoms with E-state index >= 15 is 0 Å². The molecule has 3 rings (SSSR count). The summed E-state index contributed by atoms with van der Waals surface area (Å²) in [6.07, 6.45) is 0.131. The highest BCUT2D eigenvalue weighted by Crippen LogP contribution is 2.34. The highest BCUT2D eigenvalue weighted by Gasteiger charge is 2.34. The van der Waals surface area contributed by atoms with Crippen molar-refractivity contribution in [2.45, 2.75) is 23.5 Å². The van der Waals surface area contributed by atoms with E-state index in [0.29, 0.717) is 18.7 Å². The number of likely N-dealkylation sites (tertiary alicyclic amines) is 1. The van der Waals surface area contributed by atoms with Gasteiger partial charge in [0.2, 0.25) is 5.91 Å². The smallest absolute Gasteiger partial charge is 0.262 e. The van der Waals surface area contributed by atoms with E-state index in [0.717, 1.165) is 10.6 Å². The summed E-state index contributed by atoms with van der Waals surface area (Å²) in [5.74, 6) is 1.07. The Labute approximate surface area is 121 Å². The van der Waals surface area contributed by atoms with Gasteiger partial charge < -0.3 is 15.0 Å². The van der Waals surface area contributed by atoms with Crippen LogP contribution in [0.3, 0.4) is 0 Å². The van der Waals surface area contributed by atoms with Crippen molar-refractivity contribution in [1.82, 2.24) is 10.2 Å². The van der Waals surface area contributed by atoms with Gasteiger partial charge in [-0.1, -0.05) is 12.1 Å². The fourth-order valence-electron chi connectivity index (χ4n) is 2.37. The van der Waals surface area contributed by atoms with Gasteiger partial charge in [-0.25, -0.2) is 0 Å². The van der Waals surface area contributed by atoms with Crippen molar-refractivity contribution in [3.05, 3.63) is 24.3 Å². The Kier molecular flexibility index (Phi) is 3.56. The van der Waals surface area contributed by atoms with Crippen LogP contribution in [0.4, 0.5) is 0 Å². The summed E-state index contributed by atoms with van der Waals surface area (Å²) in [6.45, 7) is 0.687. The molecule has 1 aromatic rings. The highest BCUT2D eigenvalue weighted by atomic mass is 32.2. The Bertz CT molecular complexity index is 549. The molecule has 2 atom stereocenters. The molecule has 0 spiro atoms. The van der Waals surface area contributed by atoms with Gasteiger partial charge in [0, 0.05) is 24.2 Å². The van der Waals surface area contributed by atoms with Crippen LogP contribution >= 0.6 is 11.8 Å². The molecular weight excluding hydrogens is 276 g/mol. The van der Waals surface area contributed by atoms with Gasteiger partial charge in [-0.15, -0.1) is 11.8 Å². The molecule has 1 aromatic carbocycles. The number of thioether (sulfide) groups is 1. The molecule has 1 saturated heterocycles. The number of hydrogen-bond donors (Lipinski definition) is 1. The lowest BCUT2D eigenvalue weighted by Crippen LogP contribution is -2.48. The lowest BCUT2D eigenvalue weighted by molar-refractivity contribution is -0.134. The number of hydrogen-bond acceptors (Lipinski definition) is 4. The van der Waals surface area contributed by atoms with Gasteiger partial charge in [-0.05, 0) is 18.6 Å². The van der Waals surface area contributed by atoms with Crippen LogP contribution in [0, 0.1) is 0 Å². The Morgan fingerprint density at radius 1 is 1.45 bits per heavy atom. The topological polar surface area (TPSA) is 58.6 Å². The number of likely N-dealkylation sites (N-methyl/N-ethyl adjacent to an activating group) is 1. The number of para-hydroxylation sites is 1. The minimum absolute atomic E-state index is 0.0257. The molecule has 2 heterocycles. The molecule has 6 heteroatoms. The maximum absolute atomic E-state index is 12.2. The number of benzene rings is 1. The number of carbonyl (C=O) groups is 2. The third-order valence-electron chi connectivity index (χ3n) is 3.55. The van der Waals surface area contributed by atoms with Crippen LogP contribution in [0.2, 0.25) is 0 Å². The lowest BCUT2D eigenvalue weighted by Gasteiger charge is -2.25. The molecule has 0 aliphatic carbocycles. The molecular formula is C14H16N2O3S. The Hall–Kier alpha value is -1.69. The summed E-state index contributed by atoms with van der Waals surface area (Å²) in [7, 11) is 1.75. The monoisotopic (exact) mass is 292 g/mol. The molecule has 5 nitrogen and oxygen atoms in total. The summed E-state index contributed by atoms with van der Waals surface area (Å²) in [4.78, 5) is 26.7. The zero-order chi connectivity index (χ0) is 14.1. The van der Waals surface area contributed by atoms with Crippen LogP contribution in [0.15, 0.2) is 29.2 Å². The van der Waals surface area contributed by atoms with Crippen LogP contribution in [0.25, 0.3) is 0 Å². The van der Waals surface area contributed by atoms with E-state index in [1.165, 1.54) is 0 Å². The predicted octanol–water partition coefficient (Wildman–Crippen LogP) is 0.887. The molecule has 20 heavy (non-hydrogen) atoms. The average molecular weight is 292 g/mol.